The lowest BCUT2D eigenvalue weighted by atomic mass is 9.47. The van der Waals surface area contributed by atoms with E-state index in [0.29, 0.717) is 52.3 Å². The zero-order chi connectivity index (χ0) is 41.1. The number of carboxylic acids is 1. The van der Waals surface area contributed by atoms with Crippen LogP contribution < -0.4 is 0 Å². The van der Waals surface area contributed by atoms with Crippen LogP contribution in [0.3, 0.4) is 0 Å². The highest BCUT2D eigenvalue weighted by Crippen LogP contribution is 2.69. The Morgan fingerprint density at radius 3 is 1.48 bits per heavy atom. The Balaban J connectivity index is 0.000000193. The second kappa shape index (κ2) is 17.6. The number of hydrogen-bond donors (Lipinski definition) is 3. The van der Waals surface area contributed by atoms with Crippen LogP contribution in [0.5, 0.6) is 0 Å². The quantitative estimate of drug-likeness (QED) is 0.158. The number of carbonyl (C=O) groups is 2. The summed E-state index contributed by atoms with van der Waals surface area (Å²) in [7, 11) is 0. The Hall–Kier alpha value is -1.66. The molecule has 0 aromatic rings. The van der Waals surface area contributed by atoms with Gasteiger partial charge in [0.25, 0.3) is 0 Å². The van der Waals surface area contributed by atoms with Gasteiger partial charge in [-0.3, -0.25) is 9.59 Å². The molecular weight excluding hydrogens is 721 g/mol. The monoisotopic (exact) mass is 807 g/mol. The molecule has 0 spiro atoms. The molecule has 0 bridgehead atoms. The van der Waals surface area contributed by atoms with Gasteiger partial charge in [-0.2, -0.15) is 0 Å². The normalized spacial score (nSPS) is 44.8. The van der Waals surface area contributed by atoms with Crippen LogP contribution in [0.25, 0.3) is 0 Å². The number of carbonyl (C=O) groups excluding carboxylic acids is 1. The minimum Gasteiger partial charge on any atom is -0.481 e. The fourth-order valence-electron chi connectivity index (χ4n) is 16.7. The zero-order valence-electron chi connectivity index (χ0n) is 37.4. The van der Waals surface area contributed by atoms with Crippen LogP contribution in [0.1, 0.15) is 191 Å². The van der Waals surface area contributed by atoms with Gasteiger partial charge in [0.2, 0.25) is 0 Å². The van der Waals surface area contributed by atoms with Crippen molar-refractivity contribution in [3.05, 3.63) is 23.3 Å². The molecule has 6 fully saturated rings. The number of ether oxygens (including phenoxy) is 1. The van der Waals surface area contributed by atoms with Gasteiger partial charge in [-0.05, 0) is 210 Å². The maximum absolute atomic E-state index is 12.1. The average Bonchev–Trinajstić information content (AvgIpc) is 3.70. The van der Waals surface area contributed by atoms with E-state index in [-0.39, 0.29) is 31.7 Å². The van der Waals surface area contributed by atoms with Gasteiger partial charge in [0.1, 0.15) is 0 Å². The maximum Gasteiger partial charge on any atom is 0.306 e. The molecule has 8 aliphatic carbocycles. The smallest absolute Gasteiger partial charge is 0.306 e. The topological polar surface area (TPSA) is 104 Å². The number of fused-ring (bicyclic) bond motifs is 10. The lowest BCUT2D eigenvalue weighted by Crippen LogP contribution is -2.50. The molecule has 0 saturated heterocycles. The van der Waals surface area contributed by atoms with Crippen LogP contribution in [0.2, 0.25) is 0 Å². The van der Waals surface area contributed by atoms with Crippen molar-refractivity contribution in [3.63, 3.8) is 0 Å². The molecule has 6 saturated carbocycles. The highest BCUT2D eigenvalue weighted by atomic mass is 16.5. The molecular formula is C52H86O6. The van der Waals surface area contributed by atoms with Crippen molar-refractivity contribution in [2.45, 2.75) is 210 Å². The molecule has 6 heteroatoms. The summed E-state index contributed by atoms with van der Waals surface area (Å²) in [5, 5.41) is 29.5. The predicted octanol–water partition coefficient (Wildman–Crippen LogP) is 12.4. The summed E-state index contributed by atoms with van der Waals surface area (Å²) in [4.78, 5) is 23.1. The van der Waals surface area contributed by atoms with Gasteiger partial charge in [0.05, 0.1) is 18.3 Å². The molecule has 0 unspecified atom stereocenters. The van der Waals surface area contributed by atoms with Crippen molar-refractivity contribution < 1.29 is 29.6 Å². The number of rotatable bonds is 9. The van der Waals surface area contributed by atoms with E-state index in [1.807, 2.05) is 13.8 Å². The Bertz CT molecular complexity index is 1530. The predicted molar refractivity (Wildman–Crippen MR) is 235 cm³/mol. The number of esters is 1. The summed E-state index contributed by atoms with van der Waals surface area (Å²) >= 11 is 0. The van der Waals surface area contributed by atoms with Crippen molar-refractivity contribution in [2.75, 3.05) is 0 Å². The van der Waals surface area contributed by atoms with Gasteiger partial charge in [0.15, 0.2) is 0 Å². The van der Waals surface area contributed by atoms with Crippen molar-refractivity contribution in [2.24, 2.45) is 80.8 Å². The number of hydrogen-bond acceptors (Lipinski definition) is 5. The first-order valence-corrected chi connectivity index (χ1v) is 24.1. The molecule has 3 N–H and O–H groups in total. The summed E-state index contributed by atoms with van der Waals surface area (Å²) in [5.41, 5.74) is 4.59. The number of aliphatic hydroxyl groups is 2. The molecule has 58 heavy (non-hydrogen) atoms. The molecule has 0 aromatic heterocycles. The van der Waals surface area contributed by atoms with E-state index in [1.54, 1.807) is 11.1 Å². The van der Waals surface area contributed by atoms with E-state index in [0.717, 1.165) is 86.4 Å². The molecule has 0 radical (unpaired) electrons. The number of carboxylic acid groups (broad SMARTS) is 1. The van der Waals surface area contributed by atoms with Crippen LogP contribution in [-0.4, -0.2) is 45.6 Å². The standard InChI is InChI=1S/C27H44O3.C24H38O3.CH4/c1-17(2)30-25(29)11-6-18(3)22-9-10-23-21-8-7-19-16-20(28)12-14-26(19,4)24(21)13-15-27(22,23)5;1-15(4-9-22(26)27)19-7-8-20-18-6-5-16-14-17(25)10-12-23(16,2)21(18)11-13-24(19,20)3;/h7,17-18,20-24,28H,6,8-16H2,1-5H3;5,15,17-21,25H,4,6-14H2,1-3H3,(H,26,27);1H4/t18-,20+,21+,22-,23+,24+,26+,27-;15-,17+,18+,19-,20+,21+,23+,24-;/m11./s1. The summed E-state index contributed by atoms with van der Waals surface area (Å²) in [6.45, 7) is 18.7. The summed E-state index contributed by atoms with van der Waals surface area (Å²) in [5.74, 6) is 6.68. The molecule has 6 nitrogen and oxygen atoms in total. The number of aliphatic carboxylic acids is 1. The first-order chi connectivity index (χ1) is 26.9. The van der Waals surface area contributed by atoms with Crippen molar-refractivity contribution in [3.8, 4) is 0 Å². The van der Waals surface area contributed by atoms with Gasteiger partial charge in [-0.1, -0.05) is 72.3 Å². The first-order valence-electron chi connectivity index (χ1n) is 24.1. The second-order valence-electron chi connectivity index (χ2n) is 22.7. The van der Waals surface area contributed by atoms with E-state index in [4.69, 9.17) is 9.84 Å². The van der Waals surface area contributed by atoms with Gasteiger partial charge < -0.3 is 20.1 Å². The molecule has 8 rings (SSSR count). The van der Waals surface area contributed by atoms with E-state index < -0.39 is 5.97 Å². The second-order valence-corrected chi connectivity index (χ2v) is 22.7. The fraction of sp³-hybridized carbons (Fsp3) is 0.885. The number of aliphatic hydroxyl groups excluding tert-OH is 2. The van der Waals surface area contributed by atoms with Crippen molar-refractivity contribution in [1.82, 2.24) is 0 Å². The summed E-state index contributed by atoms with van der Waals surface area (Å²) in [6, 6.07) is 0. The minimum atomic E-state index is -0.650. The SMILES string of the molecule is C.CC(C)OC(=O)CC[C@@H](C)[C@H]1CC[C@H]2[C@@H]3CC=C4C[C@@H](O)CC[C@]4(C)[C@H]3CC[C@]12C.C[C@H](CCC(=O)O)[C@H]1CC[C@H]2[C@@H]3CC=C4C[C@@H](O)CC[C@]4(C)[C@H]3CC[C@]12C. The van der Waals surface area contributed by atoms with Crippen LogP contribution >= 0.6 is 0 Å². The molecule has 8 aliphatic rings. The molecule has 0 aromatic carbocycles. The Labute approximate surface area is 354 Å². The highest BCUT2D eigenvalue weighted by Gasteiger charge is 2.60. The Morgan fingerprint density at radius 1 is 0.638 bits per heavy atom. The average molecular weight is 807 g/mol. The van der Waals surface area contributed by atoms with Crippen LogP contribution in [0.4, 0.5) is 0 Å². The lowest BCUT2D eigenvalue weighted by Gasteiger charge is -2.58. The molecule has 330 valence electrons. The van der Waals surface area contributed by atoms with E-state index in [1.165, 1.54) is 70.6 Å². The van der Waals surface area contributed by atoms with Crippen molar-refractivity contribution >= 4 is 11.9 Å². The molecule has 0 heterocycles. The van der Waals surface area contributed by atoms with Gasteiger partial charge in [0, 0.05) is 12.8 Å². The van der Waals surface area contributed by atoms with Crippen LogP contribution in [0, 0.1) is 80.8 Å². The number of allylic oxidation sites excluding steroid dienone is 2. The summed E-state index contributed by atoms with van der Waals surface area (Å²) in [6.07, 6.45) is 26.6. The fourth-order valence-corrected chi connectivity index (χ4v) is 16.7. The Kier molecular flexibility index (Phi) is 13.9. The zero-order valence-corrected chi connectivity index (χ0v) is 37.4. The van der Waals surface area contributed by atoms with Gasteiger partial charge >= 0.3 is 11.9 Å². The van der Waals surface area contributed by atoms with Gasteiger partial charge in [-0.25, -0.2) is 0 Å². The highest BCUT2D eigenvalue weighted by molar-refractivity contribution is 5.69. The van der Waals surface area contributed by atoms with Crippen molar-refractivity contribution in [1.29, 1.82) is 0 Å². The third kappa shape index (κ3) is 8.32. The molecule has 0 aliphatic heterocycles. The third-order valence-corrected chi connectivity index (χ3v) is 19.7. The Morgan fingerprint density at radius 2 is 1.07 bits per heavy atom. The first kappa shape index (κ1) is 45.9. The minimum absolute atomic E-state index is 0. The van der Waals surface area contributed by atoms with E-state index >= 15 is 0 Å². The van der Waals surface area contributed by atoms with E-state index in [9.17, 15) is 19.8 Å². The summed E-state index contributed by atoms with van der Waals surface area (Å²) < 4.78 is 5.37. The third-order valence-electron chi connectivity index (χ3n) is 19.7. The maximum atomic E-state index is 12.1. The van der Waals surface area contributed by atoms with Gasteiger partial charge in [-0.15, -0.1) is 0 Å². The lowest BCUT2D eigenvalue weighted by molar-refractivity contribution is -0.148. The molecule has 16 atom stereocenters. The van der Waals surface area contributed by atoms with E-state index in [2.05, 4.69) is 53.7 Å². The largest absolute Gasteiger partial charge is 0.481 e. The van der Waals surface area contributed by atoms with Crippen LogP contribution in [0.15, 0.2) is 23.3 Å². The van der Waals surface area contributed by atoms with Crippen LogP contribution in [-0.2, 0) is 14.3 Å². The molecule has 0 amide bonds.